The predicted molar refractivity (Wildman–Crippen MR) is 138 cm³/mol. The van der Waals surface area contributed by atoms with Crippen LogP contribution in [0, 0.1) is 10.1 Å². The summed E-state index contributed by atoms with van der Waals surface area (Å²) in [4.78, 5) is 39.7. The summed E-state index contributed by atoms with van der Waals surface area (Å²) in [5, 5.41) is 14.5. The van der Waals surface area contributed by atoms with Crippen LogP contribution in [0.5, 0.6) is 5.75 Å². The van der Waals surface area contributed by atoms with Crippen molar-refractivity contribution in [3.8, 4) is 5.75 Å². The Morgan fingerprint density at radius 2 is 1.64 bits per heavy atom. The third-order valence-corrected chi connectivity index (χ3v) is 5.72. The smallest absolute Gasteiger partial charge is 0.273 e. The van der Waals surface area contributed by atoms with Crippen LogP contribution in [0.25, 0.3) is 0 Å². The van der Waals surface area contributed by atoms with E-state index in [1.54, 1.807) is 31.4 Å². The van der Waals surface area contributed by atoms with Crippen molar-refractivity contribution < 1.29 is 19.2 Å². The Morgan fingerprint density at radius 3 is 2.31 bits per heavy atom. The number of rotatable bonds is 11. The third-order valence-electron chi connectivity index (χ3n) is 5.72. The van der Waals surface area contributed by atoms with E-state index in [1.807, 2.05) is 62.4 Å². The summed E-state index contributed by atoms with van der Waals surface area (Å²) < 4.78 is 5.33. The number of benzene rings is 3. The van der Waals surface area contributed by atoms with E-state index in [-0.39, 0.29) is 36.5 Å². The van der Waals surface area contributed by atoms with Crippen LogP contribution in [0.15, 0.2) is 78.9 Å². The molecule has 0 bridgehead atoms. The minimum Gasteiger partial charge on any atom is -0.497 e. The fourth-order valence-corrected chi connectivity index (χ4v) is 4.01. The summed E-state index contributed by atoms with van der Waals surface area (Å²) in [6.45, 7) is 3.86. The Hall–Kier alpha value is -4.20. The van der Waals surface area contributed by atoms with Crippen molar-refractivity contribution in [2.24, 2.45) is 0 Å². The number of carbonyl (C=O) groups excluding carboxylic acids is 2. The molecule has 3 aromatic rings. The molecule has 8 heteroatoms. The van der Waals surface area contributed by atoms with E-state index in [0.29, 0.717) is 17.7 Å². The molecule has 1 unspecified atom stereocenters. The van der Waals surface area contributed by atoms with Gasteiger partial charge in [-0.15, -0.1) is 0 Å². The zero-order valence-corrected chi connectivity index (χ0v) is 20.7. The topological polar surface area (TPSA) is 102 Å². The molecule has 0 fully saturated rings. The molecule has 0 spiro atoms. The van der Waals surface area contributed by atoms with Crippen LogP contribution in [0.4, 0.5) is 5.69 Å². The van der Waals surface area contributed by atoms with Gasteiger partial charge >= 0.3 is 0 Å². The number of ether oxygens (including phenoxy) is 1. The summed E-state index contributed by atoms with van der Waals surface area (Å²) in [6, 6.07) is 22.0. The monoisotopic (exact) mass is 489 g/mol. The van der Waals surface area contributed by atoms with Gasteiger partial charge in [0.15, 0.2) is 0 Å². The zero-order chi connectivity index (χ0) is 26.1. The number of nitrogens with one attached hydrogen (secondary N) is 1. The molecule has 0 aliphatic heterocycles. The minimum absolute atomic E-state index is 0.125. The van der Waals surface area contributed by atoms with Crippen LogP contribution in [-0.4, -0.2) is 40.8 Å². The maximum Gasteiger partial charge on any atom is 0.273 e. The number of hydrogen-bond donors (Lipinski definition) is 1. The number of amides is 2. The van der Waals surface area contributed by atoms with Crippen molar-refractivity contribution in [1.82, 2.24) is 10.2 Å². The predicted octanol–water partition coefficient (Wildman–Crippen LogP) is 4.31. The molecule has 1 atom stereocenters. The molecule has 0 saturated heterocycles. The van der Waals surface area contributed by atoms with Crippen molar-refractivity contribution in [1.29, 1.82) is 0 Å². The van der Waals surface area contributed by atoms with Gasteiger partial charge in [-0.2, -0.15) is 0 Å². The van der Waals surface area contributed by atoms with Crippen molar-refractivity contribution in [3.63, 3.8) is 0 Å². The second-order valence-corrected chi connectivity index (χ2v) is 8.80. The molecule has 188 valence electrons. The summed E-state index contributed by atoms with van der Waals surface area (Å²) in [7, 11) is 1.56. The number of nitrogens with zero attached hydrogens (tertiary/aromatic N) is 2. The standard InChI is InChI=1S/C28H31N3O5/c1-20(2)29-28(33)26(17-21-10-5-4-6-11-21)30(19-22-12-9-14-24(16-22)36-3)27(32)18-23-13-7-8-15-25(23)31(34)35/h4-16,20,26H,17-19H2,1-3H3,(H,29,33). The normalized spacial score (nSPS) is 11.6. The second kappa shape index (κ2) is 12.5. The van der Waals surface area contributed by atoms with Crippen molar-refractivity contribution in [2.45, 2.75) is 45.3 Å². The van der Waals surface area contributed by atoms with Crippen LogP contribution in [0.1, 0.15) is 30.5 Å². The van der Waals surface area contributed by atoms with Gasteiger partial charge in [-0.05, 0) is 37.1 Å². The molecular weight excluding hydrogens is 458 g/mol. The number of para-hydroxylation sites is 1. The Labute approximate surface area is 211 Å². The number of carbonyl (C=O) groups is 2. The first kappa shape index (κ1) is 26.4. The highest BCUT2D eigenvalue weighted by Crippen LogP contribution is 2.22. The van der Waals surface area contributed by atoms with Crippen LogP contribution in [-0.2, 0) is 29.0 Å². The molecule has 0 heterocycles. The molecule has 0 radical (unpaired) electrons. The van der Waals surface area contributed by atoms with Gasteiger partial charge in [-0.1, -0.05) is 60.7 Å². The van der Waals surface area contributed by atoms with E-state index in [0.717, 1.165) is 11.1 Å². The van der Waals surface area contributed by atoms with Crippen LogP contribution >= 0.6 is 0 Å². The zero-order valence-electron chi connectivity index (χ0n) is 20.7. The van der Waals surface area contributed by atoms with Crippen LogP contribution in [0.2, 0.25) is 0 Å². The Balaban J connectivity index is 2.02. The van der Waals surface area contributed by atoms with E-state index in [1.165, 1.54) is 11.0 Å². The minimum atomic E-state index is -0.823. The fraction of sp³-hybridized carbons (Fsp3) is 0.286. The summed E-state index contributed by atoms with van der Waals surface area (Å²) in [5.41, 5.74) is 1.85. The van der Waals surface area contributed by atoms with Crippen molar-refractivity contribution in [3.05, 3.63) is 106 Å². The molecule has 8 nitrogen and oxygen atoms in total. The largest absolute Gasteiger partial charge is 0.497 e. The highest BCUT2D eigenvalue weighted by Gasteiger charge is 2.31. The quantitative estimate of drug-likeness (QED) is 0.319. The third kappa shape index (κ3) is 7.15. The average molecular weight is 490 g/mol. The van der Waals surface area contributed by atoms with E-state index >= 15 is 0 Å². The number of nitro groups is 1. The summed E-state index contributed by atoms with van der Waals surface area (Å²) >= 11 is 0. The van der Waals surface area contributed by atoms with Gasteiger partial charge in [0.05, 0.1) is 18.5 Å². The average Bonchev–Trinajstić information content (AvgIpc) is 2.86. The first-order chi connectivity index (χ1) is 17.3. The maximum atomic E-state index is 13.8. The number of methoxy groups -OCH3 is 1. The number of hydrogen-bond acceptors (Lipinski definition) is 5. The molecule has 0 aliphatic carbocycles. The van der Waals surface area contributed by atoms with E-state index in [4.69, 9.17) is 4.74 Å². The molecule has 3 rings (SSSR count). The van der Waals surface area contributed by atoms with Crippen molar-refractivity contribution in [2.75, 3.05) is 7.11 Å². The van der Waals surface area contributed by atoms with Gasteiger partial charge in [0, 0.05) is 30.6 Å². The summed E-state index contributed by atoms with van der Waals surface area (Å²) in [5.74, 6) is -0.0375. The highest BCUT2D eigenvalue weighted by atomic mass is 16.6. The lowest BCUT2D eigenvalue weighted by molar-refractivity contribution is -0.385. The lowest BCUT2D eigenvalue weighted by atomic mass is 10.0. The van der Waals surface area contributed by atoms with E-state index < -0.39 is 11.0 Å². The Kier molecular flexibility index (Phi) is 9.16. The van der Waals surface area contributed by atoms with Gasteiger partial charge in [0.1, 0.15) is 11.8 Å². The Bertz CT molecular complexity index is 1200. The van der Waals surface area contributed by atoms with E-state index in [2.05, 4.69) is 5.32 Å². The molecule has 0 aliphatic rings. The molecule has 0 saturated carbocycles. The molecule has 3 aromatic carbocycles. The van der Waals surface area contributed by atoms with Gasteiger partial charge in [-0.25, -0.2) is 0 Å². The maximum absolute atomic E-state index is 13.8. The highest BCUT2D eigenvalue weighted by molar-refractivity contribution is 5.89. The number of nitro benzene ring substituents is 1. The molecule has 0 aromatic heterocycles. The van der Waals surface area contributed by atoms with Crippen LogP contribution < -0.4 is 10.1 Å². The van der Waals surface area contributed by atoms with E-state index in [9.17, 15) is 19.7 Å². The molecule has 1 N–H and O–H groups in total. The van der Waals surface area contributed by atoms with Gasteiger partial charge in [-0.3, -0.25) is 19.7 Å². The SMILES string of the molecule is COc1cccc(CN(C(=O)Cc2ccccc2[N+](=O)[O-])C(Cc2ccccc2)C(=O)NC(C)C)c1. The fourth-order valence-electron chi connectivity index (χ4n) is 4.01. The second-order valence-electron chi connectivity index (χ2n) is 8.80. The molecule has 36 heavy (non-hydrogen) atoms. The first-order valence-corrected chi connectivity index (χ1v) is 11.8. The lowest BCUT2D eigenvalue weighted by Crippen LogP contribution is -2.52. The van der Waals surface area contributed by atoms with Crippen molar-refractivity contribution >= 4 is 17.5 Å². The van der Waals surface area contributed by atoms with Crippen LogP contribution in [0.3, 0.4) is 0 Å². The lowest BCUT2D eigenvalue weighted by Gasteiger charge is -2.32. The summed E-state index contributed by atoms with van der Waals surface area (Å²) in [6.07, 6.45) is 0.0906. The molecular formula is C28H31N3O5. The Morgan fingerprint density at radius 1 is 0.972 bits per heavy atom. The first-order valence-electron chi connectivity index (χ1n) is 11.8. The van der Waals surface area contributed by atoms with Gasteiger partial charge in [0.25, 0.3) is 5.69 Å². The molecule has 2 amide bonds. The van der Waals surface area contributed by atoms with Gasteiger partial charge < -0.3 is 15.0 Å². The van der Waals surface area contributed by atoms with Gasteiger partial charge in [0.2, 0.25) is 11.8 Å².